The standard InChI is InChI=1S/C17H18N2O3/c1-11(12-6-7-12)18-16(20)10-22-17(21)15-9-8-13-4-2-3-5-14(13)19-15/h2-5,8-9,11-12H,6-7,10H2,1H3,(H,18,20)/t11-/m1/s1. The minimum Gasteiger partial charge on any atom is -0.451 e. The third kappa shape index (κ3) is 3.42. The molecule has 3 rings (SSSR count). The molecule has 1 fully saturated rings. The Kier molecular flexibility index (Phi) is 4.04. The zero-order chi connectivity index (χ0) is 15.5. The van der Waals surface area contributed by atoms with Gasteiger partial charge in [-0.2, -0.15) is 0 Å². The minimum atomic E-state index is -0.583. The maximum Gasteiger partial charge on any atom is 0.357 e. The predicted octanol–water partition coefficient (Wildman–Crippen LogP) is 2.31. The van der Waals surface area contributed by atoms with Gasteiger partial charge in [-0.3, -0.25) is 4.79 Å². The van der Waals surface area contributed by atoms with Gasteiger partial charge in [0.1, 0.15) is 5.69 Å². The number of ether oxygens (including phenoxy) is 1. The van der Waals surface area contributed by atoms with Gasteiger partial charge in [-0.15, -0.1) is 0 Å². The number of hydrogen-bond acceptors (Lipinski definition) is 4. The molecule has 1 atom stereocenters. The minimum absolute atomic E-state index is 0.144. The van der Waals surface area contributed by atoms with Crippen LogP contribution < -0.4 is 5.32 Å². The number of benzene rings is 1. The van der Waals surface area contributed by atoms with E-state index < -0.39 is 5.97 Å². The van der Waals surface area contributed by atoms with Crippen molar-refractivity contribution in [2.45, 2.75) is 25.8 Å². The summed E-state index contributed by atoms with van der Waals surface area (Å²) in [5.74, 6) is -0.282. The van der Waals surface area contributed by atoms with E-state index in [9.17, 15) is 9.59 Å². The highest BCUT2D eigenvalue weighted by Crippen LogP contribution is 2.32. The van der Waals surface area contributed by atoms with Crippen LogP contribution in [0, 0.1) is 5.92 Å². The molecule has 1 saturated carbocycles. The number of fused-ring (bicyclic) bond motifs is 1. The van der Waals surface area contributed by atoms with Crippen LogP contribution in [-0.2, 0) is 9.53 Å². The van der Waals surface area contributed by atoms with E-state index in [4.69, 9.17) is 4.74 Å². The summed E-state index contributed by atoms with van der Waals surface area (Å²) in [5, 5.41) is 3.80. The largest absolute Gasteiger partial charge is 0.451 e. The monoisotopic (exact) mass is 298 g/mol. The molecule has 1 N–H and O–H groups in total. The Hall–Kier alpha value is -2.43. The van der Waals surface area contributed by atoms with Crippen molar-refractivity contribution in [3.63, 3.8) is 0 Å². The first-order valence-corrected chi connectivity index (χ1v) is 7.46. The zero-order valence-corrected chi connectivity index (χ0v) is 12.4. The van der Waals surface area contributed by atoms with Crippen LogP contribution in [0.4, 0.5) is 0 Å². The van der Waals surface area contributed by atoms with Crippen molar-refractivity contribution < 1.29 is 14.3 Å². The third-order valence-corrected chi connectivity index (χ3v) is 3.86. The SMILES string of the molecule is C[C@@H](NC(=O)COC(=O)c1ccc2ccccc2n1)C1CC1. The average molecular weight is 298 g/mol. The molecule has 1 amide bonds. The fraction of sp³-hybridized carbons (Fsp3) is 0.353. The number of nitrogens with zero attached hydrogens (tertiary/aromatic N) is 1. The summed E-state index contributed by atoms with van der Waals surface area (Å²) in [6.45, 7) is 1.70. The van der Waals surface area contributed by atoms with Gasteiger partial charge in [0.15, 0.2) is 6.61 Å². The highest BCUT2D eigenvalue weighted by atomic mass is 16.5. The second-order valence-corrected chi connectivity index (χ2v) is 5.66. The highest BCUT2D eigenvalue weighted by Gasteiger charge is 2.29. The van der Waals surface area contributed by atoms with Crippen molar-refractivity contribution in [3.8, 4) is 0 Å². The molecule has 0 saturated heterocycles. The molecule has 2 aromatic rings. The quantitative estimate of drug-likeness (QED) is 0.860. The van der Waals surface area contributed by atoms with Gasteiger partial charge in [-0.25, -0.2) is 9.78 Å². The van der Waals surface area contributed by atoms with Crippen molar-refractivity contribution in [1.29, 1.82) is 0 Å². The van der Waals surface area contributed by atoms with E-state index >= 15 is 0 Å². The number of amides is 1. The van der Waals surface area contributed by atoms with Crippen molar-refractivity contribution >= 4 is 22.8 Å². The molecule has 5 nitrogen and oxygen atoms in total. The van der Waals surface area contributed by atoms with Gasteiger partial charge < -0.3 is 10.1 Å². The molecule has 1 aromatic heterocycles. The summed E-state index contributed by atoms with van der Waals surface area (Å²) in [5.41, 5.74) is 0.936. The van der Waals surface area contributed by atoms with E-state index in [1.807, 2.05) is 37.3 Å². The summed E-state index contributed by atoms with van der Waals surface area (Å²) in [6.07, 6.45) is 2.31. The second kappa shape index (κ2) is 6.13. The van der Waals surface area contributed by atoms with E-state index in [-0.39, 0.29) is 24.2 Å². The molecule has 1 heterocycles. The van der Waals surface area contributed by atoms with Gasteiger partial charge in [-0.05, 0) is 37.8 Å². The fourth-order valence-electron chi connectivity index (χ4n) is 2.39. The molecular weight excluding hydrogens is 280 g/mol. The highest BCUT2D eigenvalue weighted by molar-refractivity contribution is 5.92. The van der Waals surface area contributed by atoms with Gasteiger partial charge in [-0.1, -0.05) is 24.3 Å². The Morgan fingerprint density at radius 3 is 2.82 bits per heavy atom. The molecule has 114 valence electrons. The maximum atomic E-state index is 12.0. The Morgan fingerprint density at radius 2 is 2.05 bits per heavy atom. The number of esters is 1. The Morgan fingerprint density at radius 1 is 1.27 bits per heavy atom. The molecule has 1 aromatic carbocycles. The molecule has 1 aliphatic rings. The van der Waals surface area contributed by atoms with Gasteiger partial charge >= 0.3 is 5.97 Å². The van der Waals surface area contributed by atoms with Crippen LogP contribution in [0.25, 0.3) is 10.9 Å². The van der Waals surface area contributed by atoms with Crippen molar-refractivity contribution in [2.75, 3.05) is 6.61 Å². The smallest absolute Gasteiger partial charge is 0.357 e. The van der Waals surface area contributed by atoms with Gasteiger partial charge in [0.05, 0.1) is 5.52 Å². The van der Waals surface area contributed by atoms with Crippen LogP contribution >= 0.6 is 0 Å². The first-order chi connectivity index (χ1) is 10.6. The van der Waals surface area contributed by atoms with Crippen LogP contribution in [0.3, 0.4) is 0 Å². The second-order valence-electron chi connectivity index (χ2n) is 5.66. The molecule has 0 unspecified atom stereocenters. The van der Waals surface area contributed by atoms with E-state index in [0.717, 1.165) is 23.7 Å². The Balaban J connectivity index is 1.57. The lowest BCUT2D eigenvalue weighted by Gasteiger charge is -2.12. The van der Waals surface area contributed by atoms with E-state index in [1.54, 1.807) is 6.07 Å². The molecule has 1 aliphatic carbocycles. The zero-order valence-electron chi connectivity index (χ0n) is 12.4. The van der Waals surface area contributed by atoms with Crippen molar-refractivity contribution in [3.05, 3.63) is 42.1 Å². The van der Waals surface area contributed by atoms with Crippen LogP contribution in [0.5, 0.6) is 0 Å². The number of carbonyl (C=O) groups is 2. The molecule has 0 radical (unpaired) electrons. The number of aromatic nitrogens is 1. The van der Waals surface area contributed by atoms with Crippen LogP contribution in [0.2, 0.25) is 0 Å². The predicted molar refractivity (Wildman–Crippen MR) is 82.4 cm³/mol. The number of nitrogens with one attached hydrogen (secondary N) is 1. The number of hydrogen-bond donors (Lipinski definition) is 1. The van der Waals surface area contributed by atoms with Crippen LogP contribution in [-0.4, -0.2) is 29.5 Å². The van der Waals surface area contributed by atoms with Gasteiger partial charge in [0.25, 0.3) is 5.91 Å². The lowest BCUT2D eigenvalue weighted by molar-refractivity contribution is -0.125. The van der Waals surface area contributed by atoms with Crippen molar-refractivity contribution in [2.24, 2.45) is 5.92 Å². The maximum absolute atomic E-state index is 12.0. The fourth-order valence-corrected chi connectivity index (χ4v) is 2.39. The summed E-state index contributed by atoms with van der Waals surface area (Å²) < 4.78 is 5.03. The average Bonchev–Trinajstić information content (AvgIpc) is 3.37. The number of carbonyl (C=O) groups excluding carboxylic acids is 2. The topological polar surface area (TPSA) is 68.3 Å². The Bertz CT molecular complexity index is 710. The number of rotatable bonds is 5. The van der Waals surface area contributed by atoms with Crippen LogP contribution in [0.15, 0.2) is 36.4 Å². The lowest BCUT2D eigenvalue weighted by Crippen LogP contribution is -2.37. The first-order valence-electron chi connectivity index (χ1n) is 7.46. The Labute approximate surface area is 128 Å². The van der Waals surface area contributed by atoms with Crippen molar-refractivity contribution in [1.82, 2.24) is 10.3 Å². The molecule has 0 aliphatic heterocycles. The van der Waals surface area contributed by atoms with E-state index in [2.05, 4.69) is 10.3 Å². The third-order valence-electron chi connectivity index (χ3n) is 3.86. The van der Waals surface area contributed by atoms with Gasteiger partial charge in [0, 0.05) is 11.4 Å². The summed E-state index contributed by atoms with van der Waals surface area (Å²) in [7, 11) is 0. The normalized spacial score (nSPS) is 15.3. The summed E-state index contributed by atoms with van der Waals surface area (Å²) in [6, 6.07) is 11.1. The lowest BCUT2D eigenvalue weighted by atomic mass is 10.2. The van der Waals surface area contributed by atoms with E-state index in [0.29, 0.717) is 5.92 Å². The molecule has 0 bridgehead atoms. The number of pyridine rings is 1. The molecule has 22 heavy (non-hydrogen) atoms. The summed E-state index contributed by atoms with van der Waals surface area (Å²) >= 11 is 0. The first kappa shape index (κ1) is 14.5. The van der Waals surface area contributed by atoms with E-state index in [1.165, 1.54) is 0 Å². The van der Waals surface area contributed by atoms with Gasteiger partial charge in [0.2, 0.25) is 0 Å². The molecule has 5 heteroatoms. The number of para-hydroxylation sites is 1. The molecular formula is C17H18N2O3. The molecule has 0 spiro atoms. The summed E-state index contributed by atoms with van der Waals surface area (Å²) in [4.78, 5) is 27.9. The van der Waals surface area contributed by atoms with Crippen LogP contribution in [0.1, 0.15) is 30.3 Å².